The molecule has 0 aliphatic heterocycles. The fourth-order valence-corrected chi connectivity index (χ4v) is 4.23. The quantitative estimate of drug-likeness (QED) is 0.271. The van der Waals surface area contributed by atoms with Crippen LogP contribution < -0.4 is 0 Å². The van der Waals surface area contributed by atoms with Crippen molar-refractivity contribution in [3.63, 3.8) is 0 Å². The molecule has 0 atom stereocenters. The number of benzene rings is 1. The van der Waals surface area contributed by atoms with Crippen LogP contribution in [0.25, 0.3) is 22.5 Å². The van der Waals surface area contributed by atoms with Crippen LogP contribution in [0.1, 0.15) is 63.2 Å². The maximum Gasteiger partial charge on any atom is 0.231 e. The number of aromatic nitrogens is 8. The smallest absolute Gasteiger partial charge is 0.231 e. The standard InChI is InChI=1S/C26H34N8O2/c1-5-7-9-23-28-25(26(35-3,36-4)15-8-6-2)31-34(23)18-19-10-12-20(13-11-19)22-17-27-16-14-21(22)24-29-32-33-30-24/h10-14,16-17H,5-9,15,18H2,1-4H3,(H,29,30,32,33). The van der Waals surface area contributed by atoms with Gasteiger partial charge in [0.05, 0.1) is 6.54 Å². The van der Waals surface area contributed by atoms with Crippen molar-refractivity contribution >= 4 is 0 Å². The number of hydrogen-bond acceptors (Lipinski definition) is 8. The molecular formula is C26H34N8O2. The van der Waals surface area contributed by atoms with Gasteiger partial charge in [-0.25, -0.2) is 9.67 Å². The van der Waals surface area contributed by atoms with Crippen molar-refractivity contribution in [1.29, 1.82) is 0 Å². The first-order valence-electron chi connectivity index (χ1n) is 12.5. The van der Waals surface area contributed by atoms with E-state index in [1.807, 2.05) is 16.9 Å². The predicted molar refractivity (Wildman–Crippen MR) is 136 cm³/mol. The molecule has 4 rings (SSSR count). The molecule has 3 heterocycles. The van der Waals surface area contributed by atoms with Crippen molar-refractivity contribution in [2.75, 3.05) is 14.2 Å². The van der Waals surface area contributed by atoms with Gasteiger partial charge in [-0.1, -0.05) is 51.0 Å². The molecule has 10 nitrogen and oxygen atoms in total. The lowest BCUT2D eigenvalue weighted by Crippen LogP contribution is -2.32. The number of pyridine rings is 1. The van der Waals surface area contributed by atoms with Crippen LogP contribution in [-0.2, 0) is 28.2 Å². The zero-order valence-electron chi connectivity index (χ0n) is 21.4. The zero-order valence-corrected chi connectivity index (χ0v) is 21.4. The molecule has 0 unspecified atom stereocenters. The van der Waals surface area contributed by atoms with Gasteiger partial charge in [0.1, 0.15) is 5.82 Å². The summed E-state index contributed by atoms with van der Waals surface area (Å²) < 4.78 is 13.6. The predicted octanol–water partition coefficient (Wildman–Crippen LogP) is 4.55. The van der Waals surface area contributed by atoms with Crippen LogP contribution in [0.2, 0.25) is 0 Å². The Morgan fingerprint density at radius 2 is 1.75 bits per heavy atom. The molecule has 1 N–H and O–H groups in total. The third kappa shape index (κ3) is 5.50. The third-order valence-corrected chi connectivity index (χ3v) is 6.37. The molecule has 0 aliphatic carbocycles. The number of unbranched alkanes of at least 4 members (excludes halogenated alkanes) is 2. The number of H-pyrrole nitrogens is 1. The van der Waals surface area contributed by atoms with Crippen molar-refractivity contribution in [2.45, 2.75) is 64.7 Å². The van der Waals surface area contributed by atoms with E-state index in [4.69, 9.17) is 19.6 Å². The summed E-state index contributed by atoms with van der Waals surface area (Å²) in [6.07, 6.45) is 9.22. The summed E-state index contributed by atoms with van der Waals surface area (Å²) in [6.45, 7) is 4.93. The Balaban J connectivity index is 1.61. The largest absolute Gasteiger partial charge is 0.347 e. The number of nitrogens with zero attached hydrogens (tertiary/aromatic N) is 7. The topological polar surface area (TPSA) is 117 Å². The molecule has 36 heavy (non-hydrogen) atoms. The molecule has 0 saturated carbocycles. The number of nitrogens with one attached hydrogen (secondary N) is 1. The Kier molecular flexibility index (Phi) is 8.50. The second-order valence-electron chi connectivity index (χ2n) is 8.73. The molecule has 0 radical (unpaired) electrons. The molecule has 0 aliphatic rings. The summed E-state index contributed by atoms with van der Waals surface area (Å²) >= 11 is 0. The van der Waals surface area contributed by atoms with E-state index in [0.717, 1.165) is 60.2 Å². The van der Waals surface area contributed by atoms with Gasteiger partial charge in [-0.15, -0.1) is 15.3 Å². The number of rotatable bonds is 13. The van der Waals surface area contributed by atoms with Crippen LogP contribution in [0.15, 0.2) is 42.7 Å². The number of aromatic amines is 1. The third-order valence-electron chi connectivity index (χ3n) is 6.37. The summed E-state index contributed by atoms with van der Waals surface area (Å²) in [4.78, 5) is 9.18. The normalized spacial score (nSPS) is 11.8. The van der Waals surface area contributed by atoms with Gasteiger partial charge in [0.2, 0.25) is 17.4 Å². The van der Waals surface area contributed by atoms with Crippen molar-refractivity contribution in [2.24, 2.45) is 0 Å². The molecule has 0 fully saturated rings. The first-order chi connectivity index (χ1) is 17.6. The minimum Gasteiger partial charge on any atom is -0.347 e. The van der Waals surface area contributed by atoms with E-state index in [-0.39, 0.29) is 0 Å². The van der Waals surface area contributed by atoms with E-state index < -0.39 is 5.79 Å². The lowest BCUT2D eigenvalue weighted by atomic mass is 10.0. The Morgan fingerprint density at radius 1 is 0.972 bits per heavy atom. The van der Waals surface area contributed by atoms with E-state index in [9.17, 15) is 0 Å². The first-order valence-corrected chi connectivity index (χ1v) is 12.5. The summed E-state index contributed by atoms with van der Waals surface area (Å²) in [6, 6.07) is 10.3. The van der Waals surface area contributed by atoms with Gasteiger partial charge in [0.15, 0.2) is 0 Å². The fraction of sp³-hybridized carbons (Fsp3) is 0.462. The van der Waals surface area contributed by atoms with Gasteiger partial charge in [-0.3, -0.25) is 4.98 Å². The minimum absolute atomic E-state index is 0.537. The summed E-state index contributed by atoms with van der Waals surface area (Å²) in [5.41, 5.74) is 3.95. The molecule has 1 aromatic carbocycles. The van der Waals surface area contributed by atoms with Crippen LogP contribution in [-0.4, -0.2) is 54.6 Å². The molecule has 4 aromatic rings. The lowest BCUT2D eigenvalue weighted by molar-refractivity contribution is -0.226. The van der Waals surface area contributed by atoms with Gasteiger partial charge in [-0.05, 0) is 35.2 Å². The molecular weight excluding hydrogens is 456 g/mol. The number of tetrazole rings is 1. The van der Waals surface area contributed by atoms with Gasteiger partial charge in [-0.2, -0.15) is 5.21 Å². The van der Waals surface area contributed by atoms with Gasteiger partial charge >= 0.3 is 0 Å². The average molecular weight is 491 g/mol. The van der Waals surface area contributed by atoms with E-state index in [2.05, 4.69) is 63.7 Å². The maximum absolute atomic E-state index is 5.82. The lowest BCUT2D eigenvalue weighted by Gasteiger charge is -2.27. The molecule has 0 amide bonds. The van der Waals surface area contributed by atoms with Crippen molar-refractivity contribution in [1.82, 2.24) is 40.4 Å². The average Bonchev–Trinajstić information content (AvgIpc) is 3.60. The van der Waals surface area contributed by atoms with Crippen molar-refractivity contribution < 1.29 is 9.47 Å². The first kappa shape index (κ1) is 25.6. The van der Waals surface area contributed by atoms with Crippen LogP contribution >= 0.6 is 0 Å². The monoisotopic (exact) mass is 490 g/mol. The van der Waals surface area contributed by atoms with E-state index in [1.54, 1.807) is 20.4 Å². The summed E-state index contributed by atoms with van der Waals surface area (Å²) in [5.74, 6) is 1.13. The van der Waals surface area contributed by atoms with Crippen LogP contribution in [0, 0.1) is 0 Å². The van der Waals surface area contributed by atoms with E-state index in [1.165, 1.54) is 0 Å². The fourth-order valence-electron chi connectivity index (χ4n) is 4.23. The zero-order chi connectivity index (χ0) is 25.4. The Labute approximate surface area is 211 Å². The Morgan fingerprint density at radius 3 is 2.42 bits per heavy atom. The second kappa shape index (κ2) is 12.0. The Hall–Kier alpha value is -3.50. The van der Waals surface area contributed by atoms with Crippen LogP contribution in [0.4, 0.5) is 0 Å². The molecule has 0 spiro atoms. The summed E-state index contributed by atoms with van der Waals surface area (Å²) in [7, 11) is 3.32. The van der Waals surface area contributed by atoms with Crippen LogP contribution in [0.3, 0.4) is 0 Å². The molecule has 190 valence electrons. The SMILES string of the molecule is CCCCc1nc(C(CCCC)(OC)OC)nn1Cc1ccc(-c2cnccc2-c2nn[nH]n2)cc1. The van der Waals surface area contributed by atoms with Crippen LogP contribution in [0.5, 0.6) is 0 Å². The molecule has 0 bridgehead atoms. The van der Waals surface area contributed by atoms with E-state index >= 15 is 0 Å². The second-order valence-corrected chi connectivity index (χ2v) is 8.73. The highest BCUT2D eigenvalue weighted by atomic mass is 16.7. The molecule has 10 heteroatoms. The van der Waals surface area contributed by atoms with Crippen molar-refractivity contribution in [3.8, 4) is 22.5 Å². The van der Waals surface area contributed by atoms with Gasteiger partial charge < -0.3 is 9.47 Å². The molecule has 3 aromatic heterocycles. The van der Waals surface area contributed by atoms with Crippen molar-refractivity contribution in [3.05, 3.63) is 59.9 Å². The summed E-state index contributed by atoms with van der Waals surface area (Å²) in [5, 5.41) is 19.3. The highest BCUT2D eigenvalue weighted by Crippen LogP contribution is 2.31. The highest BCUT2D eigenvalue weighted by molar-refractivity contribution is 5.79. The van der Waals surface area contributed by atoms with E-state index in [0.29, 0.717) is 24.6 Å². The van der Waals surface area contributed by atoms with Gasteiger partial charge in [0, 0.05) is 50.6 Å². The number of hydrogen-bond donors (Lipinski definition) is 1. The highest BCUT2D eigenvalue weighted by Gasteiger charge is 2.37. The minimum atomic E-state index is -0.933. The maximum atomic E-state index is 5.82. The van der Waals surface area contributed by atoms with Gasteiger partial charge in [0.25, 0.3) is 0 Å². The number of aryl methyl sites for hydroxylation is 1. The number of methoxy groups -OCH3 is 2. The number of ether oxygens (including phenoxy) is 2. The Bertz CT molecular complexity index is 1220. The molecule has 0 saturated heterocycles.